The number of likely N-dealkylation sites (N-methyl/N-ethyl adjacent to an activating group) is 1. The minimum absolute atomic E-state index is 0.296. The molecule has 120 valence electrons. The third-order valence-electron chi connectivity index (χ3n) is 3.77. The molecule has 0 saturated heterocycles. The number of nitrogens with zero attached hydrogens (tertiary/aromatic N) is 1. The van der Waals surface area contributed by atoms with Gasteiger partial charge in [0.2, 0.25) is 0 Å². The molecule has 0 saturated carbocycles. The molecular formula is C17H30N2O2. The van der Waals surface area contributed by atoms with Crippen molar-refractivity contribution in [2.75, 3.05) is 41.0 Å². The Morgan fingerprint density at radius 1 is 1.29 bits per heavy atom. The van der Waals surface area contributed by atoms with Crippen molar-refractivity contribution < 1.29 is 9.47 Å². The van der Waals surface area contributed by atoms with E-state index in [9.17, 15) is 0 Å². The molecule has 0 bridgehead atoms. The number of benzene rings is 1. The average molecular weight is 294 g/mol. The van der Waals surface area contributed by atoms with E-state index in [-0.39, 0.29) is 0 Å². The lowest BCUT2D eigenvalue weighted by molar-refractivity contribution is 0.109. The Morgan fingerprint density at radius 2 is 2.05 bits per heavy atom. The van der Waals surface area contributed by atoms with Crippen molar-refractivity contribution in [2.24, 2.45) is 0 Å². The molecule has 0 aliphatic carbocycles. The van der Waals surface area contributed by atoms with Crippen LogP contribution in [0.1, 0.15) is 31.9 Å². The van der Waals surface area contributed by atoms with Crippen molar-refractivity contribution in [2.45, 2.75) is 32.4 Å². The first-order valence-electron chi connectivity index (χ1n) is 7.68. The minimum atomic E-state index is 0.296. The fourth-order valence-corrected chi connectivity index (χ4v) is 2.30. The summed E-state index contributed by atoms with van der Waals surface area (Å²) < 4.78 is 10.6. The second-order valence-electron chi connectivity index (χ2n) is 5.53. The van der Waals surface area contributed by atoms with Gasteiger partial charge in [-0.1, -0.05) is 19.1 Å². The lowest BCUT2D eigenvalue weighted by Gasteiger charge is -2.29. The topological polar surface area (TPSA) is 33.7 Å². The molecule has 0 spiro atoms. The SMILES string of the molecule is CCCNC(CN(C)C(C)COC)c1cccc(OC)c1. The predicted molar refractivity (Wildman–Crippen MR) is 88.0 cm³/mol. The zero-order valence-electron chi connectivity index (χ0n) is 14.1. The molecule has 21 heavy (non-hydrogen) atoms. The Labute approximate surface area is 129 Å². The molecule has 2 atom stereocenters. The first-order valence-corrected chi connectivity index (χ1v) is 7.68. The standard InChI is InChI=1S/C17H30N2O2/c1-6-10-18-17(12-19(3)14(2)13-20-4)15-8-7-9-16(11-15)21-5/h7-9,11,14,17-18H,6,10,12-13H2,1-5H3. The summed E-state index contributed by atoms with van der Waals surface area (Å²) in [6.45, 7) is 7.07. The largest absolute Gasteiger partial charge is 0.497 e. The maximum Gasteiger partial charge on any atom is 0.119 e. The fraction of sp³-hybridized carbons (Fsp3) is 0.647. The normalized spacial score (nSPS) is 14.2. The van der Waals surface area contributed by atoms with Gasteiger partial charge in [-0.15, -0.1) is 0 Å². The van der Waals surface area contributed by atoms with E-state index in [4.69, 9.17) is 9.47 Å². The molecule has 1 aromatic rings. The highest BCUT2D eigenvalue weighted by Crippen LogP contribution is 2.20. The van der Waals surface area contributed by atoms with Crippen molar-refractivity contribution in [1.29, 1.82) is 0 Å². The first-order chi connectivity index (χ1) is 10.1. The van der Waals surface area contributed by atoms with E-state index < -0.39 is 0 Å². The fourth-order valence-electron chi connectivity index (χ4n) is 2.30. The Kier molecular flexibility index (Phi) is 8.35. The highest BCUT2D eigenvalue weighted by Gasteiger charge is 2.17. The summed E-state index contributed by atoms with van der Waals surface area (Å²) in [4.78, 5) is 2.33. The summed E-state index contributed by atoms with van der Waals surface area (Å²) in [7, 11) is 5.60. The Morgan fingerprint density at radius 3 is 2.67 bits per heavy atom. The molecule has 1 rings (SSSR count). The van der Waals surface area contributed by atoms with Crippen LogP contribution in [0.4, 0.5) is 0 Å². The molecule has 0 radical (unpaired) electrons. The zero-order valence-corrected chi connectivity index (χ0v) is 14.1. The number of hydrogen-bond donors (Lipinski definition) is 1. The van der Waals surface area contributed by atoms with Crippen LogP contribution in [-0.2, 0) is 4.74 Å². The van der Waals surface area contributed by atoms with Crippen molar-refractivity contribution in [3.8, 4) is 5.75 Å². The van der Waals surface area contributed by atoms with Gasteiger partial charge in [-0.2, -0.15) is 0 Å². The van der Waals surface area contributed by atoms with Crippen molar-refractivity contribution in [3.05, 3.63) is 29.8 Å². The highest BCUT2D eigenvalue weighted by molar-refractivity contribution is 5.30. The van der Waals surface area contributed by atoms with Crippen LogP contribution in [0.25, 0.3) is 0 Å². The average Bonchev–Trinajstić information content (AvgIpc) is 2.51. The molecule has 0 fully saturated rings. The van der Waals surface area contributed by atoms with Gasteiger partial charge in [0.15, 0.2) is 0 Å². The van der Waals surface area contributed by atoms with Gasteiger partial charge in [0, 0.05) is 25.7 Å². The van der Waals surface area contributed by atoms with Crippen LogP contribution >= 0.6 is 0 Å². The van der Waals surface area contributed by atoms with E-state index in [1.807, 2.05) is 12.1 Å². The highest BCUT2D eigenvalue weighted by atomic mass is 16.5. The Bertz CT molecular complexity index is 398. The smallest absolute Gasteiger partial charge is 0.119 e. The molecule has 0 aliphatic rings. The Balaban J connectivity index is 2.78. The van der Waals surface area contributed by atoms with Gasteiger partial charge in [0.05, 0.1) is 13.7 Å². The molecule has 0 heterocycles. The summed E-state index contributed by atoms with van der Waals surface area (Å²) in [6, 6.07) is 8.99. The van der Waals surface area contributed by atoms with Gasteiger partial charge in [0.25, 0.3) is 0 Å². The van der Waals surface area contributed by atoms with Gasteiger partial charge in [-0.3, -0.25) is 4.90 Å². The first kappa shape index (κ1) is 18.0. The van der Waals surface area contributed by atoms with E-state index in [1.165, 1.54) is 5.56 Å². The minimum Gasteiger partial charge on any atom is -0.497 e. The van der Waals surface area contributed by atoms with Crippen molar-refractivity contribution in [3.63, 3.8) is 0 Å². The molecule has 0 aliphatic heterocycles. The zero-order chi connectivity index (χ0) is 15.7. The van der Waals surface area contributed by atoms with Gasteiger partial charge in [0.1, 0.15) is 5.75 Å². The number of rotatable bonds is 10. The molecule has 1 aromatic carbocycles. The summed E-state index contributed by atoms with van der Waals surface area (Å²) in [5.41, 5.74) is 1.26. The Hall–Kier alpha value is -1.10. The van der Waals surface area contributed by atoms with Gasteiger partial charge < -0.3 is 14.8 Å². The van der Waals surface area contributed by atoms with E-state index in [0.29, 0.717) is 12.1 Å². The van der Waals surface area contributed by atoms with Gasteiger partial charge >= 0.3 is 0 Å². The second kappa shape index (κ2) is 9.77. The third kappa shape index (κ3) is 6.04. The monoisotopic (exact) mass is 294 g/mol. The van der Waals surface area contributed by atoms with Crippen LogP contribution in [0.2, 0.25) is 0 Å². The van der Waals surface area contributed by atoms with E-state index in [2.05, 4.69) is 43.2 Å². The van der Waals surface area contributed by atoms with Crippen LogP contribution in [0.5, 0.6) is 5.75 Å². The summed E-state index contributed by atoms with van der Waals surface area (Å²) in [6.07, 6.45) is 1.12. The second-order valence-corrected chi connectivity index (χ2v) is 5.53. The summed E-state index contributed by atoms with van der Waals surface area (Å²) >= 11 is 0. The number of ether oxygens (including phenoxy) is 2. The molecule has 2 unspecified atom stereocenters. The summed E-state index contributed by atoms with van der Waals surface area (Å²) in [5.74, 6) is 0.906. The number of hydrogen-bond acceptors (Lipinski definition) is 4. The number of methoxy groups -OCH3 is 2. The van der Waals surface area contributed by atoms with Crippen LogP contribution in [-0.4, -0.2) is 51.9 Å². The van der Waals surface area contributed by atoms with Crippen LogP contribution in [0.15, 0.2) is 24.3 Å². The molecule has 4 nitrogen and oxygen atoms in total. The molecule has 0 amide bonds. The lowest BCUT2D eigenvalue weighted by atomic mass is 10.1. The van der Waals surface area contributed by atoms with Crippen LogP contribution in [0, 0.1) is 0 Å². The third-order valence-corrected chi connectivity index (χ3v) is 3.77. The van der Waals surface area contributed by atoms with E-state index >= 15 is 0 Å². The molecule has 0 aromatic heterocycles. The van der Waals surface area contributed by atoms with Crippen LogP contribution in [0.3, 0.4) is 0 Å². The van der Waals surface area contributed by atoms with Crippen molar-refractivity contribution >= 4 is 0 Å². The quantitative estimate of drug-likeness (QED) is 0.719. The van der Waals surface area contributed by atoms with E-state index in [0.717, 1.165) is 31.9 Å². The predicted octanol–water partition coefficient (Wildman–Crippen LogP) is 2.70. The maximum absolute atomic E-state index is 5.34. The molecule has 4 heteroatoms. The molecule has 1 N–H and O–H groups in total. The van der Waals surface area contributed by atoms with Gasteiger partial charge in [-0.05, 0) is 44.6 Å². The lowest BCUT2D eigenvalue weighted by Crippen LogP contribution is -2.39. The summed E-state index contributed by atoms with van der Waals surface area (Å²) in [5, 5.41) is 3.63. The maximum atomic E-state index is 5.34. The number of nitrogens with one attached hydrogen (secondary N) is 1. The van der Waals surface area contributed by atoms with Crippen molar-refractivity contribution in [1.82, 2.24) is 10.2 Å². The van der Waals surface area contributed by atoms with Gasteiger partial charge in [-0.25, -0.2) is 0 Å². The molecular weight excluding hydrogens is 264 g/mol. The van der Waals surface area contributed by atoms with Crippen LogP contribution < -0.4 is 10.1 Å². The van der Waals surface area contributed by atoms with E-state index in [1.54, 1.807) is 14.2 Å².